The van der Waals surface area contributed by atoms with Crippen LogP contribution in [0.5, 0.6) is 5.75 Å². The smallest absolute Gasteiger partial charge is 0.264 e. The van der Waals surface area contributed by atoms with Gasteiger partial charge in [0.05, 0.1) is 0 Å². The Labute approximate surface area is 146 Å². The van der Waals surface area contributed by atoms with E-state index in [1.807, 2.05) is 0 Å². The van der Waals surface area contributed by atoms with E-state index in [4.69, 9.17) is 4.74 Å². The molecule has 2 aromatic rings. The predicted octanol–water partition coefficient (Wildman–Crippen LogP) is 4.36. The van der Waals surface area contributed by atoms with Crippen molar-refractivity contribution in [1.29, 1.82) is 0 Å². The lowest BCUT2D eigenvalue weighted by Gasteiger charge is -2.07. The number of rotatable bonds is 7. The van der Waals surface area contributed by atoms with Crippen molar-refractivity contribution in [2.75, 3.05) is 11.9 Å². The minimum atomic E-state index is -0.529. The molecule has 1 aromatic carbocycles. The number of carbonyl (C=O) groups excluding carboxylic acids is 1. The van der Waals surface area contributed by atoms with Crippen LogP contribution in [0.15, 0.2) is 22.7 Å². The first kappa shape index (κ1) is 17.8. The van der Waals surface area contributed by atoms with Gasteiger partial charge in [-0.1, -0.05) is 41.1 Å². The summed E-state index contributed by atoms with van der Waals surface area (Å²) in [7, 11) is 0. The van der Waals surface area contributed by atoms with Crippen molar-refractivity contribution in [3.05, 3.63) is 33.5 Å². The van der Waals surface area contributed by atoms with Crippen LogP contribution in [0, 0.1) is 5.82 Å². The number of aromatic nitrogens is 2. The normalized spacial score (nSPS) is 10.8. The maximum Gasteiger partial charge on any atom is 0.264 e. The molecule has 0 aliphatic heterocycles. The van der Waals surface area contributed by atoms with Crippen molar-refractivity contribution in [1.82, 2.24) is 10.2 Å². The SMILES string of the molecule is CCC(CC)c1nnc(NC(=O)COc2ccc(Br)cc2F)s1. The molecule has 124 valence electrons. The fourth-order valence-corrected chi connectivity index (χ4v) is 3.34. The molecule has 0 fully saturated rings. The van der Waals surface area contributed by atoms with Crippen LogP contribution >= 0.6 is 27.3 Å². The Morgan fingerprint density at radius 3 is 2.78 bits per heavy atom. The Morgan fingerprint density at radius 1 is 1.39 bits per heavy atom. The summed E-state index contributed by atoms with van der Waals surface area (Å²) in [5, 5.41) is 12.0. The van der Waals surface area contributed by atoms with E-state index in [9.17, 15) is 9.18 Å². The molecule has 0 spiro atoms. The second-order valence-electron chi connectivity index (χ2n) is 4.87. The van der Waals surface area contributed by atoms with E-state index in [-0.39, 0.29) is 12.4 Å². The highest BCUT2D eigenvalue weighted by Gasteiger charge is 2.15. The van der Waals surface area contributed by atoms with E-state index in [0.29, 0.717) is 15.5 Å². The van der Waals surface area contributed by atoms with Crippen LogP contribution in [0.25, 0.3) is 0 Å². The monoisotopic (exact) mass is 401 g/mol. The summed E-state index contributed by atoms with van der Waals surface area (Å²) < 4.78 is 19.4. The van der Waals surface area contributed by atoms with Crippen molar-refractivity contribution in [3.8, 4) is 5.75 Å². The number of nitrogens with one attached hydrogen (secondary N) is 1. The van der Waals surface area contributed by atoms with E-state index in [0.717, 1.165) is 17.8 Å². The second-order valence-corrected chi connectivity index (χ2v) is 6.80. The van der Waals surface area contributed by atoms with Crippen molar-refractivity contribution in [2.24, 2.45) is 0 Å². The molecule has 0 bridgehead atoms. The van der Waals surface area contributed by atoms with Gasteiger partial charge in [-0.3, -0.25) is 10.1 Å². The highest BCUT2D eigenvalue weighted by atomic mass is 79.9. The van der Waals surface area contributed by atoms with Crippen LogP contribution in [-0.2, 0) is 4.79 Å². The molecule has 5 nitrogen and oxygen atoms in total. The number of carbonyl (C=O) groups is 1. The number of amides is 1. The average Bonchev–Trinajstić information content (AvgIpc) is 2.96. The topological polar surface area (TPSA) is 64.1 Å². The highest BCUT2D eigenvalue weighted by Crippen LogP contribution is 2.28. The Balaban J connectivity index is 1.90. The van der Waals surface area contributed by atoms with Gasteiger partial charge in [-0.2, -0.15) is 0 Å². The Hall–Kier alpha value is -1.54. The first-order valence-corrected chi connectivity index (χ1v) is 8.85. The van der Waals surface area contributed by atoms with Gasteiger partial charge in [-0.05, 0) is 31.0 Å². The van der Waals surface area contributed by atoms with Gasteiger partial charge < -0.3 is 4.74 Å². The fourth-order valence-electron chi connectivity index (χ4n) is 1.98. The number of hydrogen-bond donors (Lipinski definition) is 1. The van der Waals surface area contributed by atoms with E-state index >= 15 is 0 Å². The molecule has 1 amide bonds. The lowest BCUT2D eigenvalue weighted by Crippen LogP contribution is -2.20. The summed E-state index contributed by atoms with van der Waals surface area (Å²) in [5.74, 6) is -0.553. The molecule has 8 heteroatoms. The van der Waals surface area contributed by atoms with E-state index < -0.39 is 11.7 Å². The van der Waals surface area contributed by atoms with Crippen molar-refractivity contribution < 1.29 is 13.9 Å². The third kappa shape index (κ3) is 4.97. The summed E-state index contributed by atoms with van der Waals surface area (Å²) >= 11 is 4.51. The van der Waals surface area contributed by atoms with Gasteiger partial charge in [0.2, 0.25) is 5.13 Å². The van der Waals surface area contributed by atoms with Gasteiger partial charge in [0.15, 0.2) is 18.2 Å². The van der Waals surface area contributed by atoms with Crippen molar-refractivity contribution >= 4 is 38.3 Å². The zero-order valence-corrected chi connectivity index (χ0v) is 15.2. The van der Waals surface area contributed by atoms with Crippen LogP contribution in [0.1, 0.15) is 37.6 Å². The lowest BCUT2D eigenvalue weighted by molar-refractivity contribution is -0.118. The molecule has 2 rings (SSSR count). The summed E-state index contributed by atoms with van der Waals surface area (Å²) in [4.78, 5) is 11.9. The maximum atomic E-state index is 13.6. The largest absolute Gasteiger partial charge is 0.481 e. The van der Waals surface area contributed by atoms with Crippen LogP contribution in [0.4, 0.5) is 9.52 Å². The van der Waals surface area contributed by atoms with Gasteiger partial charge in [-0.15, -0.1) is 10.2 Å². The summed E-state index contributed by atoms with van der Waals surface area (Å²) in [5.41, 5.74) is 0. The summed E-state index contributed by atoms with van der Waals surface area (Å²) in [6.45, 7) is 3.89. The molecule has 23 heavy (non-hydrogen) atoms. The van der Waals surface area contributed by atoms with Crippen molar-refractivity contribution in [3.63, 3.8) is 0 Å². The summed E-state index contributed by atoms with van der Waals surface area (Å²) in [6.07, 6.45) is 1.95. The number of anilines is 1. The predicted molar refractivity (Wildman–Crippen MR) is 91.5 cm³/mol. The molecule has 0 unspecified atom stereocenters. The molecule has 1 heterocycles. The molecule has 0 atom stereocenters. The zero-order valence-electron chi connectivity index (χ0n) is 12.8. The minimum Gasteiger partial charge on any atom is -0.481 e. The van der Waals surface area contributed by atoms with E-state index in [1.165, 1.54) is 23.5 Å². The Morgan fingerprint density at radius 2 is 2.13 bits per heavy atom. The van der Waals surface area contributed by atoms with E-state index in [1.54, 1.807) is 6.07 Å². The molecule has 1 aromatic heterocycles. The Bertz CT molecular complexity index is 676. The molecule has 0 aliphatic rings. The summed E-state index contributed by atoms with van der Waals surface area (Å²) in [6, 6.07) is 4.38. The first-order valence-electron chi connectivity index (χ1n) is 7.24. The number of hydrogen-bond acceptors (Lipinski definition) is 5. The molecule has 1 N–H and O–H groups in total. The third-order valence-electron chi connectivity index (χ3n) is 3.27. The van der Waals surface area contributed by atoms with E-state index in [2.05, 4.69) is 45.3 Å². The van der Waals surface area contributed by atoms with Gasteiger partial charge in [0, 0.05) is 10.4 Å². The molecule has 0 saturated carbocycles. The quantitative estimate of drug-likeness (QED) is 0.748. The van der Waals surface area contributed by atoms with Gasteiger partial charge >= 0.3 is 0 Å². The second kappa shape index (κ2) is 8.35. The molecular weight excluding hydrogens is 385 g/mol. The molecule has 0 aliphatic carbocycles. The fraction of sp³-hybridized carbons (Fsp3) is 0.400. The van der Waals surface area contributed by atoms with Crippen LogP contribution in [-0.4, -0.2) is 22.7 Å². The van der Waals surface area contributed by atoms with Crippen LogP contribution in [0.2, 0.25) is 0 Å². The zero-order chi connectivity index (χ0) is 16.8. The third-order valence-corrected chi connectivity index (χ3v) is 4.77. The molecule has 0 saturated heterocycles. The number of benzene rings is 1. The van der Waals surface area contributed by atoms with Gasteiger partial charge in [-0.25, -0.2) is 4.39 Å². The highest BCUT2D eigenvalue weighted by molar-refractivity contribution is 9.10. The van der Waals surface area contributed by atoms with Crippen LogP contribution < -0.4 is 10.1 Å². The molecule has 0 radical (unpaired) electrons. The van der Waals surface area contributed by atoms with Crippen molar-refractivity contribution in [2.45, 2.75) is 32.6 Å². The Kier molecular flexibility index (Phi) is 6.47. The van der Waals surface area contributed by atoms with Gasteiger partial charge in [0.25, 0.3) is 5.91 Å². The number of ether oxygens (including phenoxy) is 1. The minimum absolute atomic E-state index is 0.0262. The number of nitrogens with zero attached hydrogens (tertiary/aromatic N) is 2. The average molecular weight is 402 g/mol. The number of halogens is 2. The first-order chi connectivity index (χ1) is 11.0. The van der Waals surface area contributed by atoms with Crippen LogP contribution in [0.3, 0.4) is 0 Å². The van der Waals surface area contributed by atoms with Gasteiger partial charge in [0.1, 0.15) is 5.01 Å². The lowest BCUT2D eigenvalue weighted by atomic mass is 10.1. The molecular formula is C15H17BrFN3O2S. The maximum absolute atomic E-state index is 13.6. The standard InChI is InChI=1S/C15H17BrFN3O2S/c1-3-9(4-2)14-19-20-15(23-14)18-13(21)8-22-12-6-5-10(16)7-11(12)17/h5-7,9H,3-4,8H2,1-2H3,(H,18,20,21).